The zero-order valence-corrected chi connectivity index (χ0v) is 7.89. The lowest BCUT2D eigenvalue weighted by atomic mass is 10.4. The Morgan fingerprint density at radius 1 is 1.30 bits per heavy atom. The molecule has 0 heterocycles. The van der Waals surface area contributed by atoms with Gasteiger partial charge < -0.3 is 4.89 Å². The summed E-state index contributed by atoms with van der Waals surface area (Å²) in [5, 5.41) is 2.93. The van der Waals surface area contributed by atoms with E-state index in [0.717, 1.165) is 0 Å². The molecule has 1 atom stereocenters. The van der Waals surface area contributed by atoms with Crippen LogP contribution in [0.15, 0.2) is 4.74 Å². The third kappa shape index (κ3) is 6.14. The van der Waals surface area contributed by atoms with Crippen LogP contribution in [-0.2, 0) is 0 Å². The van der Waals surface area contributed by atoms with Crippen molar-refractivity contribution >= 4 is 8.09 Å². The Morgan fingerprint density at radius 2 is 1.80 bits per heavy atom. The maximum atomic E-state index is 9.18. The van der Waals surface area contributed by atoms with Crippen LogP contribution in [0.1, 0.15) is 27.7 Å². The summed E-state index contributed by atoms with van der Waals surface area (Å²) in [5.74, 6) is 0. The summed E-state index contributed by atoms with van der Waals surface area (Å²) in [4.78, 5) is 9.18. The highest BCUT2D eigenvalue weighted by molar-refractivity contribution is 7.38. The van der Waals surface area contributed by atoms with Crippen molar-refractivity contribution in [1.82, 2.24) is 5.09 Å². The van der Waals surface area contributed by atoms with Crippen molar-refractivity contribution in [3.05, 3.63) is 0 Å². The molecule has 0 rings (SSSR count). The van der Waals surface area contributed by atoms with Crippen LogP contribution < -0.4 is 5.09 Å². The van der Waals surface area contributed by atoms with Gasteiger partial charge in [0.1, 0.15) is 0 Å². The van der Waals surface area contributed by atoms with Crippen LogP contribution in [0, 0.1) is 0 Å². The first-order valence-corrected chi connectivity index (χ1v) is 4.73. The minimum absolute atomic E-state index is 0.211. The summed E-state index contributed by atoms with van der Waals surface area (Å²) >= 11 is 0. The second kappa shape index (κ2) is 4.78. The van der Waals surface area contributed by atoms with E-state index in [1.54, 1.807) is 0 Å². The molecule has 0 aromatic heterocycles. The van der Waals surface area contributed by atoms with E-state index in [9.17, 15) is 4.89 Å². The molecular formula is C6H16N2OP. The van der Waals surface area contributed by atoms with Crippen LogP contribution >= 0.6 is 8.09 Å². The molecule has 0 spiro atoms. The number of rotatable bonds is 3. The highest BCUT2D eigenvalue weighted by Gasteiger charge is 1.96. The van der Waals surface area contributed by atoms with Crippen molar-refractivity contribution in [2.45, 2.75) is 39.8 Å². The molecule has 1 unspecified atom stereocenters. The van der Waals surface area contributed by atoms with Crippen molar-refractivity contribution in [2.24, 2.45) is 4.74 Å². The predicted molar refractivity (Wildman–Crippen MR) is 45.0 cm³/mol. The first kappa shape index (κ1) is 10.0. The van der Waals surface area contributed by atoms with Crippen LogP contribution in [0.2, 0.25) is 0 Å². The lowest BCUT2D eigenvalue weighted by molar-refractivity contribution is 0.592. The molecule has 0 aliphatic rings. The molecule has 0 aliphatic carbocycles. The van der Waals surface area contributed by atoms with E-state index in [0.29, 0.717) is 6.04 Å². The van der Waals surface area contributed by atoms with Crippen LogP contribution in [-0.4, -0.2) is 17.0 Å². The molecular weight excluding hydrogens is 147 g/mol. The highest BCUT2D eigenvalue weighted by atomic mass is 31.1. The van der Waals surface area contributed by atoms with E-state index in [1.165, 1.54) is 0 Å². The average Bonchev–Trinajstić information content (AvgIpc) is 1.58. The fraction of sp³-hybridized carbons (Fsp3) is 1.00. The predicted octanol–water partition coefficient (Wildman–Crippen LogP) is 1.88. The SMILES string of the molecule is CC(C)/N=[P](\O)NC(C)C. The van der Waals surface area contributed by atoms with Gasteiger partial charge in [0.25, 0.3) is 0 Å². The Labute approximate surface area is 63.5 Å². The van der Waals surface area contributed by atoms with Crippen LogP contribution in [0.3, 0.4) is 0 Å². The molecule has 0 aromatic carbocycles. The smallest absolute Gasteiger partial charge is 0.156 e. The Morgan fingerprint density at radius 3 is 2.10 bits per heavy atom. The van der Waals surface area contributed by atoms with E-state index < -0.39 is 8.09 Å². The number of hydrogen-bond donors (Lipinski definition) is 2. The Hall–Kier alpha value is 0.0200. The van der Waals surface area contributed by atoms with Crippen molar-refractivity contribution in [1.29, 1.82) is 0 Å². The molecule has 0 saturated carbocycles. The van der Waals surface area contributed by atoms with E-state index in [4.69, 9.17) is 0 Å². The standard InChI is InChI=1S/C6H16N2OP/c1-5(2)7-10(9)8-6(3)4/h5-6H,1-4H3,(H2,7,8,9). The molecule has 0 fully saturated rings. The van der Waals surface area contributed by atoms with Gasteiger partial charge in [0, 0.05) is 6.04 Å². The van der Waals surface area contributed by atoms with E-state index >= 15 is 0 Å². The Bertz CT molecular complexity index is 123. The topological polar surface area (TPSA) is 44.6 Å². The van der Waals surface area contributed by atoms with E-state index in [2.05, 4.69) is 9.83 Å². The van der Waals surface area contributed by atoms with Crippen molar-refractivity contribution < 1.29 is 4.89 Å². The first-order chi connectivity index (χ1) is 4.52. The quantitative estimate of drug-likeness (QED) is 0.624. The fourth-order valence-corrected chi connectivity index (χ4v) is 1.45. The van der Waals surface area contributed by atoms with Gasteiger partial charge in [-0.25, -0.2) is 9.83 Å². The monoisotopic (exact) mass is 163 g/mol. The molecule has 3 nitrogen and oxygen atoms in total. The summed E-state index contributed by atoms with van der Waals surface area (Å²) in [5.41, 5.74) is 0. The fourth-order valence-electron chi connectivity index (χ4n) is 0.483. The minimum Gasteiger partial charge on any atom is -0.324 e. The van der Waals surface area contributed by atoms with Crippen LogP contribution in [0.4, 0.5) is 0 Å². The molecule has 2 N–H and O–H groups in total. The molecule has 0 bridgehead atoms. The molecule has 1 radical (unpaired) electrons. The zero-order chi connectivity index (χ0) is 8.15. The Kier molecular flexibility index (Phi) is 4.79. The minimum atomic E-state index is -1.28. The van der Waals surface area contributed by atoms with Gasteiger partial charge in [-0.05, 0) is 27.7 Å². The van der Waals surface area contributed by atoms with Gasteiger partial charge in [0.15, 0.2) is 8.09 Å². The van der Waals surface area contributed by atoms with Gasteiger partial charge in [0.2, 0.25) is 0 Å². The third-order valence-electron chi connectivity index (χ3n) is 0.714. The van der Waals surface area contributed by atoms with Gasteiger partial charge in [-0.2, -0.15) is 0 Å². The average molecular weight is 163 g/mol. The second-order valence-corrected chi connectivity index (χ2v) is 3.85. The number of hydrogen-bond acceptors (Lipinski definition) is 1. The van der Waals surface area contributed by atoms with Gasteiger partial charge >= 0.3 is 0 Å². The van der Waals surface area contributed by atoms with Crippen molar-refractivity contribution in [3.63, 3.8) is 0 Å². The first-order valence-electron chi connectivity index (χ1n) is 3.48. The van der Waals surface area contributed by atoms with E-state index in [1.807, 2.05) is 27.7 Å². The largest absolute Gasteiger partial charge is 0.324 e. The second-order valence-electron chi connectivity index (χ2n) is 2.78. The molecule has 4 heteroatoms. The van der Waals surface area contributed by atoms with Gasteiger partial charge in [-0.3, -0.25) is 0 Å². The zero-order valence-electron chi connectivity index (χ0n) is 7.00. The maximum Gasteiger partial charge on any atom is 0.156 e. The normalized spacial score (nSPS) is 13.3. The van der Waals surface area contributed by atoms with E-state index in [-0.39, 0.29) is 6.04 Å². The molecule has 61 valence electrons. The summed E-state index contributed by atoms with van der Waals surface area (Å²) in [7, 11) is -1.28. The summed E-state index contributed by atoms with van der Waals surface area (Å²) in [6.07, 6.45) is 0. The summed E-state index contributed by atoms with van der Waals surface area (Å²) in [6.45, 7) is 7.88. The summed E-state index contributed by atoms with van der Waals surface area (Å²) < 4.78 is 4.03. The van der Waals surface area contributed by atoms with Gasteiger partial charge in [-0.1, -0.05) is 0 Å². The maximum absolute atomic E-state index is 9.18. The van der Waals surface area contributed by atoms with Crippen LogP contribution in [0.5, 0.6) is 0 Å². The van der Waals surface area contributed by atoms with Crippen LogP contribution in [0.25, 0.3) is 0 Å². The Balaban J connectivity index is 3.71. The summed E-state index contributed by atoms with van der Waals surface area (Å²) in [6, 6.07) is 0.515. The van der Waals surface area contributed by atoms with Gasteiger partial charge in [0.05, 0.1) is 6.04 Å². The molecule has 0 aliphatic heterocycles. The number of nitrogens with one attached hydrogen (secondary N) is 1. The van der Waals surface area contributed by atoms with Crippen molar-refractivity contribution in [2.75, 3.05) is 0 Å². The molecule has 0 amide bonds. The van der Waals surface area contributed by atoms with Gasteiger partial charge in [-0.15, -0.1) is 0 Å². The lowest BCUT2D eigenvalue weighted by Crippen LogP contribution is -2.14. The molecule has 0 saturated heterocycles. The third-order valence-corrected chi connectivity index (χ3v) is 2.14. The lowest BCUT2D eigenvalue weighted by Gasteiger charge is -2.06. The molecule has 0 aromatic rings. The van der Waals surface area contributed by atoms with Crippen molar-refractivity contribution in [3.8, 4) is 0 Å². The highest BCUT2D eigenvalue weighted by Crippen LogP contribution is 2.15. The molecule has 10 heavy (non-hydrogen) atoms. The number of nitrogens with zero attached hydrogens (tertiary/aromatic N) is 1.